The van der Waals surface area contributed by atoms with Crippen LogP contribution in [0.4, 0.5) is 0 Å². The van der Waals surface area contributed by atoms with E-state index in [2.05, 4.69) is 27.1 Å². The van der Waals surface area contributed by atoms with Gasteiger partial charge in [0.05, 0.1) is 19.9 Å². The number of ether oxygens (including phenoxy) is 1. The van der Waals surface area contributed by atoms with E-state index in [1.165, 1.54) is 20.2 Å². The molecule has 0 spiro atoms. The Bertz CT molecular complexity index is 451. The van der Waals surface area contributed by atoms with E-state index in [9.17, 15) is 4.79 Å². The van der Waals surface area contributed by atoms with Crippen LogP contribution in [-0.4, -0.2) is 29.5 Å². The number of rotatable bonds is 2. The summed E-state index contributed by atoms with van der Waals surface area (Å²) >= 11 is 5.59. The van der Waals surface area contributed by atoms with Crippen molar-refractivity contribution >= 4 is 17.5 Å². The van der Waals surface area contributed by atoms with E-state index in [-0.39, 0.29) is 17.7 Å². The number of carbonyl (C=O) groups excluding carboxylic acids is 1. The van der Waals surface area contributed by atoms with Crippen LogP contribution < -0.4 is 10.1 Å². The lowest BCUT2D eigenvalue weighted by Crippen LogP contribution is -2.19. The van der Waals surface area contributed by atoms with E-state index in [1.54, 1.807) is 0 Å². The molecular weight excluding hydrogens is 230 g/mol. The van der Waals surface area contributed by atoms with Gasteiger partial charge in [-0.05, 0) is 11.6 Å². The maximum absolute atomic E-state index is 10.6. The quantitative estimate of drug-likeness (QED) is 0.607. The zero-order valence-corrected chi connectivity index (χ0v) is 9.63. The fourth-order valence-corrected chi connectivity index (χ4v) is 1.02. The minimum atomic E-state index is -0.131. The average Bonchev–Trinajstić information content (AvgIpc) is 2.25. The second kappa shape index (κ2) is 5.93. The third kappa shape index (κ3) is 3.75. The Hall–Kier alpha value is -1.80. The summed E-state index contributed by atoms with van der Waals surface area (Å²) < 4.78 is 4.98. The van der Waals surface area contributed by atoms with Crippen molar-refractivity contribution in [2.75, 3.05) is 13.7 Å². The molecule has 0 aliphatic heterocycles. The summed E-state index contributed by atoms with van der Waals surface area (Å²) in [6, 6.07) is 0. The van der Waals surface area contributed by atoms with Gasteiger partial charge in [-0.1, -0.05) is 11.8 Å². The van der Waals surface area contributed by atoms with E-state index < -0.39 is 0 Å². The summed E-state index contributed by atoms with van der Waals surface area (Å²) in [5.74, 6) is 5.70. The van der Waals surface area contributed by atoms with Crippen LogP contribution in [0.5, 0.6) is 5.88 Å². The maximum Gasteiger partial charge on any atom is 0.233 e. The summed E-state index contributed by atoms with van der Waals surface area (Å²) in [6.07, 6.45) is 1.47. The van der Waals surface area contributed by atoms with Gasteiger partial charge in [-0.25, -0.2) is 4.98 Å². The van der Waals surface area contributed by atoms with E-state index >= 15 is 0 Å². The van der Waals surface area contributed by atoms with Crippen molar-refractivity contribution in [1.82, 2.24) is 15.3 Å². The molecule has 0 bridgehead atoms. The lowest BCUT2D eigenvalue weighted by Gasteiger charge is -2.00. The van der Waals surface area contributed by atoms with E-state index in [0.717, 1.165) is 0 Å². The minimum Gasteiger partial charge on any atom is -0.480 e. The highest BCUT2D eigenvalue weighted by atomic mass is 35.5. The molecule has 84 valence electrons. The Kier molecular flexibility index (Phi) is 4.55. The Morgan fingerprint density at radius 1 is 1.69 bits per heavy atom. The molecule has 0 aromatic carbocycles. The largest absolute Gasteiger partial charge is 0.480 e. The van der Waals surface area contributed by atoms with Crippen molar-refractivity contribution in [3.8, 4) is 17.7 Å². The van der Waals surface area contributed by atoms with Crippen LogP contribution in [0.15, 0.2) is 6.20 Å². The Morgan fingerprint density at radius 3 is 3.06 bits per heavy atom. The first-order valence-corrected chi connectivity index (χ1v) is 4.81. The fourth-order valence-electron chi connectivity index (χ4n) is 0.895. The van der Waals surface area contributed by atoms with Crippen molar-refractivity contribution in [2.45, 2.75) is 6.92 Å². The van der Waals surface area contributed by atoms with E-state index in [1.807, 2.05) is 0 Å². The molecule has 5 nitrogen and oxygen atoms in total. The molecule has 1 heterocycles. The molecule has 1 rings (SSSR count). The molecule has 1 amide bonds. The zero-order valence-electron chi connectivity index (χ0n) is 8.87. The molecule has 6 heteroatoms. The first kappa shape index (κ1) is 12.3. The van der Waals surface area contributed by atoms with Crippen molar-refractivity contribution in [1.29, 1.82) is 0 Å². The van der Waals surface area contributed by atoms with Gasteiger partial charge < -0.3 is 10.1 Å². The van der Waals surface area contributed by atoms with Crippen LogP contribution in [0.1, 0.15) is 12.5 Å². The average molecular weight is 240 g/mol. The summed E-state index contributed by atoms with van der Waals surface area (Å²) in [5, 5.41) is 2.65. The summed E-state index contributed by atoms with van der Waals surface area (Å²) in [7, 11) is 1.47. The van der Waals surface area contributed by atoms with E-state index in [4.69, 9.17) is 16.3 Å². The van der Waals surface area contributed by atoms with Gasteiger partial charge in [0, 0.05) is 6.92 Å². The lowest BCUT2D eigenvalue weighted by atomic mass is 10.3. The molecule has 0 aliphatic carbocycles. The Morgan fingerprint density at radius 2 is 2.44 bits per heavy atom. The molecule has 0 fully saturated rings. The molecule has 0 unspecified atom stereocenters. The van der Waals surface area contributed by atoms with Crippen LogP contribution >= 0.6 is 11.6 Å². The molecule has 0 saturated carbocycles. The van der Waals surface area contributed by atoms with Crippen LogP contribution in [0.25, 0.3) is 0 Å². The highest BCUT2D eigenvalue weighted by Gasteiger charge is 2.03. The van der Waals surface area contributed by atoms with Gasteiger partial charge in [0.1, 0.15) is 5.56 Å². The van der Waals surface area contributed by atoms with E-state index in [0.29, 0.717) is 11.4 Å². The van der Waals surface area contributed by atoms with Crippen molar-refractivity contribution in [3.63, 3.8) is 0 Å². The molecular formula is C10H10ClN3O2. The lowest BCUT2D eigenvalue weighted by molar-refractivity contribution is -0.118. The van der Waals surface area contributed by atoms with Gasteiger partial charge in [0.15, 0.2) is 0 Å². The SMILES string of the molecule is COc1nc(Cl)ncc1C#CCNC(C)=O. The number of carbonyl (C=O) groups is 1. The van der Waals surface area contributed by atoms with Crippen molar-refractivity contribution in [3.05, 3.63) is 17.0 Å². The summed E-state index contributed by atoms with van der Waals surface area (Å²) in [4.78, 5) is 18.2. The number of hydrogen-bond acceptors (Lipinski definition) is 4. The highest BCUT2D eigenvalue weighted by Crippen LogP contribution is 2.14. The molecule has 0 saturated heterocycles. The smallest absolute Gasteiger partial charge is 0.233 e. The third-order valence-electron chi connectivity index (χ3n) is 1.57. The standard InChI is InChI=1S/C10H10ClN3O2/c1-7(15)12-5-3-4-8-6-13-10(11)14-9(8)16-2/h6H,5H2,1-2H3,(H,12,15). The van der Waals surface area contributed by atoms with Gasteiger partial charge in [-0.2, -0.15) is 4.98 Å². The Balaban J connectivity index is 2.76. The number of nitrogens with one attached hydrogen (secondary N) is 1. The maximum atomic E-state index is 10.6. The predicted octanol–water partition coefficient (Wildman–Crippen LogP) is 0.626. The number of methoxy groups -OCH3 is 1. The summed E-state index contributed by atoms with van der Waals surface area (Å²) in [6.45, 7) is 1.69. The van der Waals surface area contributed by atoms with Crippen LogP contribution in [0.2, 0.25) is 5.28 Å². The number of nitrogens with zero attached hydrogens (tertiary/aromatic N) is 2. The van der Waals surface area contributed by atoms with Gasteiger partial charge in [0.25, 0.3) is 0 Å². The second-order valence-electron chi connectivity index (χ2n) is 2.77. The zero-order chi connectivity index (χ0) is 12.0. The highest BCUT2D eigenvalue weighted by molar-refractivity contribution is 6.28. The first-order valence-electron chi connectivity index (χ1n) is 4.43. The predicted molar refractivity (Wildman–Crippen MR) is 59.2 cm³/mol. The second-order valence-corrected chi connectivity index (χ2v) is 3.11. The molecule has 16 heavy (non-hydrogen) atoms. The number of amides is 1. The van der Waals surface area contributed by atoms with Crippen LogP contribution in [0.3, 0.4) is 0 Å². The molecule has 0 radical (unpaired) electrons. The molecule has 0 atom stereocenters. The molecule has 1 aromatic heterocycles. The molecule has 1 N–H and O–H groups in total. The van der Waals surface area contributed by atoms with Gasteiger partial charge in [-0.15, -0.1) is 0 Å². The summed E-state index contributed by atoms with van der Waals surface area (Å²) in [5.41, 5.74) is 0.525. The normalized spacial score (nSPS) is 8.94. The first-order chi connectivity index (χ1) is 7.63. The molecule has 0 aliphatic rings. The monoisotopic (exact) mass is 239 g/mol. The Labute approximate surface area is 98.2 Å². The molecule has 1 aromatic rings. The number of hydrogen-bond donors (Lipinski definition) is 1. The number of halogens is 1. The van der Waals surface area contributed by atoms with Gasteiger partial charge >= 0.3 is 0 Å². The van der Waals surface area contributed by atoms with Crippen LogP contribution in [0, 0.1) is 11.8 Å². The topological polar surface area (TPSA) is 64.1 Å². The van der Waals surface area contributed by atoms with Crippen LogP contribution in [-0.2, 0) is 4.79 Å². The van der Waals surface area contributed by atoms with Crippen molar-refractivity contribution in [2.24, 2.45) is 0 Å². The van der Waals surface area contributed by atoms with Gasteiger partial charge in [0.2, 0.25) is 17.1 Å². The van der Waals surface area contributed by atoms with Crippen molar-refractivity contribution < 1.29 is 9.53 Å². The number of aromatic nitrogens is 2. The minimum absolute atomic E-state index is 0.101. The van der Waals surface area contributed by atoms with Gasteiger partial charge in [-0.3, -0.25) is 4.79 Å². The third-order valence-corrected chi connectivity index (χ3v) is 1.75. The fraction of sp³-hybridized carbons (Fsp3) is 0.300.